The minimum Gasteiger partial charge on any atom is -0.319 e. The molecule has 1 aromatic heterocycles. The minimum atomic E-state index is -3.78. The van der Waals surface area contributed by atoms with E-state index in [0.717, 1.165) is 22.6 Å². The molecule has 0 spiro atoms. The molecule has 4 nitrogen and oxygen atoms in total. The Morgan fingerprint density at radius 1 is 1.08 bits per heavy atom. The summed E-state index contributed by atoms with van der Waals surface area (Å²) < 4.78 is 44.0. The van der Waals surface area contributed by atoms with Crippen LogP contribution in [0.25, 0.3) is 11.3 Å². The van der Waals surface area contributed by atoms with Gasteiger partial charge in [-0.05, 0) is 48.4 Å². The van der Waals surface area contributed by atoms with E-state index in [1.54, 1.807) is 41.9 Å². The fourth-order valence-corrected chi connectivity index (χ4v) is 4.86. The Morgan fingerprint density at radius 2 is 1.72 bits per heavy atom. The third-order valence-corrected chi connectivity index (χ3v) is 6.45. The highest BCUT2D eigenvalue weighted by Gasteiger charge is 2.16. The molecule has 3 aromatic rings. The van der Waals surface area contributed by atoms with Crippen LogP contribution >= 0.6 is 11.3 Å². The average molecular weight is 376 g/mol. The van der Waals surface area contributed by atoms with Crippen molar-refractivity contribution in [3.05, 3.63) is 70.1 Å². The third-order valence-electron chi connectivity index (χ3n) is 3.78. The zero-order chi connectivity index (χ0) is 18.0. The number of aromatic nitrogens is 1. The van der Waals surface area contributed by atoms with Gasteiger partial charge in [0.1, 0.15) is 5.82 Å². The number of nitrogens with zero attached hydrogens (tertiary/aromatic N) is 2. The van der Waals surface area contributed by atoms with E-state index in [4.69, 9.17) is 0 Å². The highest BCUT2D eigenvalue weighted by Crippen LogP contribution is 2.26. The van der Waals surface area contributed by atoms with Crippen LogP contribution in [-0.2, 0) is 23.5 Å². The zero-order valence-electron chi connectivity index (χ0n) is 13.8. The second kappa shape index (κ2) is 6.93. The Bertz CT molecular complexity index is 1050. The molecule has 0 aliphatic carbocycles. The predicted molar refractivity (Wildman–Crippen MR) is 97.3 cm³/mol. The molecule has 25 heavy (non-hydrogen) atoms. The van der Waals surface area contributed by atoms with E-state index in [-0.39, 0.29) is 10.7 Å². The summed E-state index contributed by atoms with van der Waals surface area (Å²) >= 11 is 1.33. The number of aryl methyl sites for hydroxylation is 1. The van der Waals surface area contributed by atoms with E-state index in [1.165, 1.54) is 35.6 Å². The lowest BCUT2D eigenvalue weighted by atomic mass is 10.1. The second-order valence-electron chi connectivity index (χ2n) is 5.46. The Morgan fingerprint density at radius 3 is 2.32 bits per heavy atom. The molecular weight excluding hydrogens is 359 g/mol. The first kappa shape index (κ1) is 17.6. The van der Waals surface area contributed by atoms with E-state index < -0.39 is 10.0 Å². The van der Waals surface area contributed by atoms with Crippen LogP contribution in [-0.4, -0.2) is 13.0 Å². The number of sulfonamides is 1. The molecule has 1 heterocycles. The summed E-state index contributed by atoms with van der Waals surface area (Å²) in [6.45, 7) is 1.99. The molecule has 0 N–H and O–H groups in total. The van der Waals surface area contributed by atoms with Gasteiger partial charge in [-0.1, -0.05) is 25.1 Å². The van der Waals surface area contributed by atoms with Gasteiger partial charge in [-0.3, -0.25) is 0 Å². The molecule has 2 aromatic carbocycles. The fraction of sp³-hybridized carbons (Fsp3) is 0.167. The van der Waals surface area contributed by atoms with Crippen molar-refractivity contribution in [1.82, 2.24) is 4.57 Å². The summed E-state index contributed by atoms with van der Waals surface area (Å²) in [5.74, 6) is -0.309. The normalized spacial score (nSPS) is 12.5. The molecule has 0 aliphatic rings. The maximum absolute atomic E-state index is 13.2. The van der Waals surface area contributed by atoms with Gasteiger partial charge in [0.2, 0.25) is 4.80 Å². The van der Waals surface area contributed by atoms with Gasteiger partial charge < -0.3 is 4.57 Å². The van der Waals surface area contributed by atoms with Gasteiger partial charge >= 0.3 is 0 Å². The van der Waals surface area contributed by atoms with Gasteiger partial charge in [-0.15, -0.1) is 15.7 Å². The zero-order valence-corrected chi connectivity index (χ0v) is 15.4. The average Bonchev–Trinajstić information content (AvgIpc) is 2.92. The molecule has 7 heteroatoms. The first-order valence-electron chi connectivity index (χ1n) is 7.73. The van der Waals surface area contributed by atoms with E-state index in [0.29, 0.717) is 4.80 Å². The summed E-state index contributed by atoms with van der Waals surface area (Å²) in [6, 6.07) is 14.3. The largest absolute Gasteiger partial charge is 0.319 e. The second-order valence-corrected chi connectivity index (χ2v) is 8.12. The molecule has 0 aliphatic heterocycles. The van der Waals surface area contributed by atoms with Crippen molar-refractivity contribution in [2.45, 2.75) is 18.2 Å². The standard InChI is InChI=1S/C18H17FN2O2S2/c1-3-16-17(13-9-11-14(19)12-10-13)21(2)18(24-16)20-25(22,23)15-7-5-4-6-8-15/h4-12H,3H2,1-2H3. The van der Waals surface area contributed by atoms with Crippen LogP contribution in [0.2, 0.25) is 0 Å². The molecule has 0 amide bonds. The Labute approximate surface area is 150 Å². The highest BCUT2D eigenvalue weighted by molar-refractivity contribution is 7.90. The maximum Gasteiger partial charge on any atom is 0.285 e. The van der Waals surface area contributed by atoms with Crippen molar-refractivity contribution in [2.24, 2.45) is 11.4 Å². The molecule has 0 saturated heterocycles. The molecule has 0 unspecified atom stereocenters. The fourth-order valence-electron chi connectivity index (χ4n) is 2.54. The molecular formula is C18H17FN2O2S2. The molecule has 3 rings (SSSR count). The van der Waals surface area contributed by atoms with Crippen molar-refractivity contribution < 1.29 is 12.8 Å². The van der Waals surface area contributed by atoms with Crippen LogP contribution in [0.1, 0.15) is 11.8 Å². The molecule has 0 bridgehead atoms. The summed E-state index contributed by atoms with van der Waals surface area (Å²) in [5.41, 5.74) is 1.69. The first-order chi connectivity index (χ1) is 11.9. The predicted octanol–water partition coefficient (Wildman–Crippen LogP) is 3.74. The van der Waals surface area contributed by atoms with E-state index in [2.05, 4.69) is 4.40 Å². The monoisotopic (exact) mass is 376 g/mol. The molecule has 0 radical (unpaired) electrons. The van der Waals surface area contributed by atoms with Crippen LogP contribution in [0.5, 0.6) is 0 Å². The lowest BCUT2D eigenvalue weighted by molar-refractivity contribution is 0.596. The maximum atomic E-state index is 13.2. The van der Waals surface area contributed by atoms with Gasteiger partial charge in [-0.25, -0.2) is 4.39 Å². The Hall–Kier alpha value is -2.25. The third kappa shape index (κ3) is 3.57. The van der Waals surface area contributed by atoms with E-state index in [9.17, 15) is 12.8 Å². The van der Waals surface area contributed by atoms with Crippen molar-refractivity contribution in [1.29, 1.82) is 0 Å². The minimum absolute atomic E-state index is 0.157. The Balaban J connectivity index is 2.17. The molecule has 0 fully saturated rings. The number of hydrogen-bond donors (Lipinski definition) is 0. The van der Waals surface area contributed by atoms with E-state index in [1.807, 2.05) is 6.92 Å². The topological polar surface area (TPSA) is 51.4 Å². The number of hydrogen-bond acceptors (Lipinski definition) is 3. The Kier molecular flexibility index (Phi) is 4.87. The van der Waals surface area contributed by atoms with Crippen molar-refractivity contribution in [3.8, 4) is 11.3 Å². The lowest BCUT2D eigenvalue weighted by Crippen LogP contribution is -2.14. The quantitative estimate of drug-likeness (QED) is 0.696. The highest BCUT2D eigenvalue weighted by atomic mass is 32.2. The van der Waals surface area contributed by atoms with Crippen molar-refractivity contribution in [3.63, 3.8) is 0 Å². The first-order valence-corrected chi connectivity index (χ1v) is 9.98. The number of benzene rings is 2. The van der Waals surface area contributed by atoms with E-state index >= 15 is 0 Å². The van der Waals surface area contributed by atoms with Crippen molar-refractivity contribution >= 4 is 21.4 Å². The smallest absolute Gasteiger partial charge is 0.285 e. The van der Waals surface area contributed by atoms with Gasteiger partial charge in [0.25, 0.3) is 10.0 Å². The summed E-state index contributed by atoms with van der Waals surface area (Å²) in [6.07, 6.45) is 0.728. The van der Waals surface area contributed by atoms with Crippen LogP contribution in [0.3, 0.4) is 0 Å². The SMILES string of the molecule is CCc1sc(=NS(=O)(=O)c2ccccc2)n(C)c1-c1ccc(F)cc1. The molecule has 0 atom stereocenters. The van der Waals surface area contributed by atoms with Crippen LogP contribution < -0.4 is 4.80 Å². The molecule has 0 saturated carbocycles. The van der Waals surface area contributed by atoms with Crippen molar-refractivity contribution in [2.75, 3.05) is 0 Å². The molecule has 130 valence electrons. The summed E-state index contributed by atoms with van der Waals surface area (Å²) in [4.78, 5) is 1.54. The van der Waals surface area contributed by atoms with Gasteiger partial charge in [0.05, 0.1) is 10.6 Å². The summed E-state index contributed by atoms with van der Waals surface area (Å²) in [5, 5.41) is 0. The van der Waals surface area contributed by atoms with Crippen LogP contribution in [0, 0.1) is 5.82 Å². The number of halogens is 1. The van der Waals surface area contributed by atoms with Gasteiger partial charge in [-0.2, -0.15) is 8.42 Å². The van der Waals surface area contributed by atoms with Crippen LogP contribution in [0.4, 0.5) is 4.39 Å². The lowest BCUT2D eigenvalue weighted by Gasteiger charge is -2.05. The summed E-state index contributed by atoms with van der Waals surface area (Å²) in [7, 11) is -2.01. The number of thiazole rings is 1. The van der Waals surface area contributed by atoms with Gasteiger partial charge in [0.15, 0.2) is 0 Å². The van der Waals surface area contributed by atoms with Gasteiger partial charge in [0, 0.05) is 11.9 Å². The van der Waals surface area contributed by atoms with Crippen LogP contribution in [0.15, 0.2) is 63.9 Å². The number of rotatable bonds is 4.